The number of para-hydroxylation sites is 2. The molecule has 4 rings (SSSR count). The molecular weight excluding hydrogens is 258 g/mol. The zero-order valence-electron chi connectivity index (χ0n) is 12.5. The zero-order valence-corrected chi connectivity index (χ0v) is 12.5. The lowest BCUT2D eigenvalue weighted by atomic mass is 9.99. The van der Waals surface area contributed by atoms with Gasteiger partial charge in [-0.05, 0) is 55.8 Å². The van der Waals surface area contributed by atoms with Crippen molar-refractivity contribution in [2.45, 2.75) is 19.9 Å². The molecule has 0 saturated carbocycles. The minimum atomic E-state index is 1.04. The summed E-state index contributed by atoms with van der Waals surface area (Å²) in [6.07, 6.45) is 1.15. The number of nitrogens with zero attached hydrogens (tertiary/aromatic N) is 3. The number of fused-ring (bicyclic) bond motifs is 2. The van der Waals surface area contributed by atoms with Gasteiger partial charge in [0.15, 0.2) is 0 Å². The second kappa shape index (κ2) is 4.71. The molecule has 0 atom stereocenters. The summed E-state index contributed by atoms with van der Waals surface area (Å²) in [7, 11) is 2.19. The number of hydrogen-bond acceptors (Lipinski definition) is 2. The minimum absolute atomic E-state index is 1.04. The van der Waals surface area contributed by atoms with Crippen LogP contribution in [0.4, 0.5) is 0 Å². The van der Waals surface area contributed by atoms with E-state index < -0.39 is 0 Å². The molecule has 0 unspecified atom stereocenters. The van der Waals surface area contributed by atoms with Gasteiger partial charge in [-0.15, -0.1) is 0 Å². The molecule has 0 radical (unpaired) electrons. The van der Waals surface area contributed by atoms with Gasteiger partial charge in [0, 0.05) is 18.8 Å². The fraction of sp³-hybridized carbons (Fsp3) is 0.278. The predicted molar refractivity (Wildman–Crippen MR) is 85.8 cm³/mol. The Kier molecular flexibility index (Phi) is 2.82. The molecule has 1 aromatic heterocycles. The van der Waals surface area contributed by atoms with Crippen molar-refractivity contribution in [3.05, 3.63) is 59.4 Å². The van der Waals surface area contributed by atoms with Crippen LogP contribution < -0.4 is 0 Å². The first kappa shape index (κ1) is 12.6. The molecule has 0 spiro atoms. The first-order valence-corrected chi connectivity index (χ1v) is 7.47. The Morgan fingerprint density at radius 2 is 1.90 bits per heavy atom. The summed E-state index contributed by atoms with van der Waals surface area (Å²) in [4.78, 5) is 7.05. The molecule has 3 heteroatoms. The monoisotopic (exact) mass is 277 g/mol. The Labute approximate surface area is 124 Å². The molecule has 3 nitrogen and oxygen atoms in total. The maximum Gasteiger partial charge on any atom is 0.111 e. The molecule has 0 fully saturated rings. The Morgan fingerprint density at radius 1 is 1.05 bits per heavy atom. The van der Waals surface area contributed by atoms with Crippen LogP contribution in [0.5, 0.6) is 0 Å². The minimum Gasteiger partial charge on any atom is -0.302 e. The Bertz CT molecular complexity index is 816. The Balaban J connectivity index is 1.89. The largest absolute Gasteiger partial charge is 0.302 e. The van der Waals surface area contributed by atoms with Crippen molar-refractivity contribution in [3.8, 4) is 5.69 Å². The highest BCUT2D eigenvalue weighted by molar-refractivity contribution is 5.78. The lowest BCUT2D eigenvalue weighted by molar-refractivity contribution is 0.313. The molecule has 0 aliphatic carbocycles. The number of aromatic nitrogens is 2. The van der Waals surface area contributed by atoms with E-state index in [4.69, 9.17) is 0 Å². The third kappa shape index (κ3) is 2.05. The van der Waals surface area contributed by atoms with Crippen molar-refractivity contribution in [3.63, 3.8) is 0 Å². The van der Waals surface area contributed by atoms with E-state index in [0.29, 0.717) is 0 Å². The van der Waals surface area contributed by atoms with Crippen molar-refractivity contribution in [1.82, 2.24) is 14.5 Å². The summed E-state index contributed by atoms with van der Waals surface area (Å²) in [5.74, 6) is 1.04. The van der Waals surface area contributed by atoms with E-state index in [1.807, 2.05) is 6.07 Å². The number of aryl methyl sites for hydroxylation is 1. The highest BCUT2D eigenvalue weighted by Gasteiger charge is 2.15. The van der Waals surface area contributed by atoms with Crippen LogP contribution >= 0.6 is 0 Å². The number of benzene rings is 2. The van der Waals surface area contributed by atoms with Crippen molar-refractivity contribution >= 4 is 11.0 Å². The average Bonchev–Trinajstić information content (AvgIpc) is 2.82. The van der Waals surface area contributed by atoms with Crippen LogP contribution in [0.25, 0.3) is 16.7 Å². The van der Waals surface area contributed by atoms with Gasteiger partial charge >= 0.3 is 0 Å². The van der Waals surface area contributed by atoms with Crippen LogP contribution in [0.3, 0.4) is 0 Å². The maximum absolute atomic E-state index is 4.67. The summed E-state index contributed by atoms with van der Waals surface area (Å²) in [5, 5.41) is 0. The fourth-order valence-electron chi connectivity index (χ4n) is 3.30. The smallest absolute Gasteiger partial charge is 0.111 e. The second-order valence-electron chi connectivity index (χ2n) is 5.92. The number of hydrogen-bond donors (Lipinski definition) is 0. The van der Waals surface area contributed by atoms with Crippen LogP contribution in [-0.4, -0.2) is 28.0 Å². The zero-order chi connectivity index (χ0) is 14.4. The maximum atomic E-state index is 4.67. The predicted octanol–water partition coefficient (Wildman–Crippen LogP) is 3.32. The molecule has 106 valence electrons. The highest BCUT2D eigenvalue weighted by atomic mass is 15.1. The van der Waals surface area contributed by atoms with Crippen LogP contribution in [0.1, 0.15) is 17.0 Å². The van der Waals surface area contributed by atoms with Crippen molar-refractivity contribution in [1.29, 1.82) is 0 Å². The SMILES string of the molecule is Cc1nc2ccccc2n1-c1ccc2c(c1)CN(C)CC2. The van der Waals surface area contributed by atoms with Crippen molar-refractivity contribution in [2.75, 3.05) is 13.6 Å². The third-order valence-corrected chi connectivity index (χ3v) is 4.38. The molecule has 0 N–H and O–H groups in total. The quantitative estimate of drug-likeness (QED) is 0.680. The molecule has 21 heavy (non-hydrogen) atoms. The van der Waals surface area contributed by atoms with E-state index in [1.165, 1.54) is 22.3 Å². The second-order valence-corrected chi connectivity index (χ2v) is 5.92. The lowest BCUT2D eigenvalue weighted by Crippen LogP contribution is -2.26. The summed E-state index contributed by atoms with van der Waals surface area (Å²) in [6, 6.07) is 15.2. The Hall–Kier alpha value is -2.13. The van der Waals surface area contributed by atoms with Gasteiger partial charge in [0.25, 0.3) is 0 Å². The molecule has 0 saturated heterocycles. The van der Waals surface area contributed by atoms with Gasteiger partial charge in [-0.1, -0.05) is 18.2 Å². The summed E-state index contributed by atoms with van der Waals surface area (Å²) < 4.78 is 2.25. The molecule has 2 aromatic carbocycles. The topological polar surface area (TPSA) is 21.1 Å². The number of likely N-dealkylation sites (N-methyl/N-ethyl adjacent to an activating group) is 1. The standard InChI is InChI=1S/C18H19N3/c1-13-19-17-5-3-4-6-18(17)21(13)16-8-7-14-9-10-20(2)12-15(14)11-16/h3-8,11H,9-10,12H2,1-2H3. The summed E-state index contributed by atoms with van der Waals surface area (Å²) >= 11 is 0. The fourth-order valence-corrected chi connectivity index (χ4v) is 3.30. The molecular formula is C18H19N3. The van der Waals surface area contributed by atoms with Crippen LogP contribution in [0.15, 0.2) is 42.5 Å². The van der Waals surface area contributed by atoms with Gasteiger partial charge in [0.1, 0.15) is 5.82 Å². The molecule has 0 amide bonds. The van der Waals surface area contributed by atoms with E-state index in [1.54, 1.807) is 0 Å². The van der Waals surface area contributed by atoms with Gasteiger partial charge in [-0.3, -0.25) is 4.57 Å². The van der Waals surface area contributed by atoms with E-state index in [2.05, 4.69) is 64.8 Å². The molecule has 1 aliphatic heterocycles. The van der Waals surface area contributed by atoms with Gasteiger partial charge < -0.3 is 4.90 Å². The van der Waals surface area contributed by atoms with E-state index in [-0.39, 0.29) is 0 Å². The van der Waals surface area contributed by atoms with Gasteiger partial charge in [-0.25, -0.2) is 4.98 Å². The Morgan fingerprint density at radius 3 is 2.81 bits per heavy atom. The first-order valence-electron chi connectivity index (χ1n) is 7.47. The van der Waals surface area contributed by atoms with E-state index in [9.17, 15) is 0 Å². The van der Waals surface area contributed by atoms with E-state index >= 15 is 0 Å². The van der Waals surface area contributed by atoms with Crippen LogP contribution in [-0.2, 0) is 13.0 Å². The normalized spacial score (nSPS) is 15.3. The average molecular weight is 277 g/mol. The van der Waals surface area contributed by atoms with Gasteiger partial charge in [-0.2, -0.15) is 0 Å². The number of rotatable bonds is 1. The van der Waals surface area contributed by atoms with Crippen LogP contribution in [0, 0.1) is 6.92 Å². The summed E-state index contributed by atoms with van der Waals surface area (Å²) in [5.41, 5.74) is 6.39. The van der Waals surface area contributed by atoms with Crippen molar-refractivity contribution < 1.29 is 0 Å². The molecule has 3 aromatic rings. The molecule has 0 bridgehead atoms. The van der Waals surface area contributed by atoms with Crippen LogP contribution in [0.2, 0.25) is 0 Å². The van der Waals surface area contributed by atoms with E-state index in [0.717, 1.165) is 30.9 Å². The van der Waals surface area contributed by atoms with Gasteiger partial charge in [0.2, 0.25) is 0 Å². The third-order valence-electron chi connectivity index (χ3n) is 4.38. The first-order chi connectivity index (χ1) is 10.2. The molecule has 2 heterocycles. The molecule has 1 aliphatic rings. The highest BCUT2D eigenvalue weighted by Crippen LogP contribution is 2.25. The van der Waals surface area contributed by atoms with Gasteiger partial charge in [0.05, 0.1) is 11.0 Å². The summed E-state index contributed by atoms with van der Waals surface area (Å²) in [6.45, 7) is 4.26. The van der Waals surface area contributed by atoms with Crippen molar-refractivity contribution in [2.24, 2.45) is 0 Å². The lowest BCUT2D eigenvalue weighted by Gasteiger charge is -2.25. The number of imidazole rings is 1.